The van der Waals surface area contributed by atoms with Crippen LogP contribution in [0.25, 0.3) is 0 Å². The summed E-state index contributed by atoms with van der Waals surface area (Å²) in [6.45, 7) is 6.77. The molecule has 0 bridgehead atoms. The van der Waals surface area contributed by atoms with Crippen molar-refractivity contribution in [1.29, 1.82) is 0 Å². The van der Waals surface area contributed by atoms with Gasteiger partial charge >= 0.3 is 0 Å². The van der Waals surface area contributed by atoms with E-state index >= 15 is 0 Å². The van der Waals surface area contributed by atoms with E-state index in [4.69, 9.17) is 5.73 Å². The normalized spacial score (nSPS) is 11.1. The summed E-state index contributed by atoms with van der Waals surface area (Å²) in [7, 11) is 0. The molecule has 0 aliphatic carbocycles. The van der Waals surface area contributed by atoms with Gasteiger partial charge in [0.15, 0.2) is 0 Å². The van der Waals surface area contributed by atoms with Crippen molar-refractivity contribution < 1.29 is 4.79 Å². The minimum atomic E-state index is -0.230. The fraction of sp³-hybridized carbons (Fsp3) is 0.750. The van der Waals surface area contributed by atoms with E-state index in [1.165, 1.54) is 0 Å². The van der Waals surface area contributed by atoms with E-state index in [0.29, 0.717) is 18.9 Å². The second-order valence-corrected chi connectivity index (χ2v) is 4.85. The van der Waals surface area contributed by atoms with E-state index in [2.05, 4.69) is 29.2 Å². The number of carbonyl (C=O) groups excluding carboxylic acids is 1. The third kappa shape index (κ3) is 5.77. The lowest BCUT2D eigenvalue weighted by Gasteiger charge is -2.09. The number of hydrogen-bond acceptors (Lipinski definition) is 4. The van der Waals surface area contributed by atoms with Crippen LogP contribution in [0.2, 0.25) is 0 Å². The summed E-state index contributed by atoms with van der Waals surface area (Å²) >= 11 is 0. The molecule has 0 aliphatic rings. The Morgan fingerprint density at radius 1 is 1.50 bits per heavy atom. The lowest BCUT2D eigenvalue weighted by atomic mass is 10.2. The number of nitrogens with one attached hydrogen (secondary N) is 1. The molecular formula is C12H23N5O. The summed E-state index contributed by atoms with van der Waals surface area (Å²) in [5.74, 6) is 1.28. The number of amides is 1. The maximum atomic E-state index is 10.5. The van der Waals surface area contributed by atoms with Gasteiger partial charge in [0.25, 0.3) is 0 Å². The summed E-state index contributed by atoms with van der Waals surface area (Å²) in [6.07, 6.45) is 3.83. The molecule has 0 atom stereocenters. The highest BCUT2D eigenvalue weighted by atomic mass is 16.1. The zero-order valence-corrected chi connectivity index (χ0v) is 11.2. The van der Waals surface area contributed by atoms with Crippen LogP contribution in [0.5, 0.6) is 0 Å². The van der Waals surface area contributed by atoms with Crippen LogP contribution in [0.4, 0.5) is 0 Å². The Labute approximate surface area is 108 Å². The van der Waals surface area contributed by atoms with Crippen LogP contribution in [0.3, 0.4) is 0 Å². The van der Waals surface area contributed by atoms with E-state index in [0.717, 1.165) is 31.8 Å². The Morgan fingerprint density at radius 2 is 2.28 bits per heavy atom. The molecule has 1 rings (SSSR count). The van der Waals surface area contributed by atoms with Crippen molar-refractivity contribution in [2.24, 2.45) is 11.7 Å². The molecule has 1 amide bonds. The summed E-state index contributed by atoms with van der Waals surface area (Å²) in [6, 6.07) is 0. The molecule has 0 unspecified atom stereocenters. The van der Waals surface area contributed by atoms with Gasteiger partial charge in [-0.05, 0) is 25.3 Å². The van der Waals surface area contributed by atoms with E-state index in [1.54, 1.807) is 6.33 Å². The molecule has 0 saturated heterocycles. The second-order valence-electron chi connectivity index (χ2n) is 4.85. The largest absolute Gasteiger partial charge is 0.370 e. The van der Waals surface area contributed by atoms with E-state index in [-0.39, 0.29) is 5.91 Å². The van der Waals surface area contributed by atoms with Gasteiger partial charge in [0.2, 0.25) is 5.91 Å². The maximum absolute atomic E-state index is 10.5. The van der Waals surface area contributed by atoms with E-state index in [9.17, 15) is 4.79 Å². The van der Waals surface area contributed by atoms with E-state index < -0.39 is 0 Å². The highest BCUT2D eigenvalue weighted by Gasteiger charge is 2.05. The van der Waals surface area contributed by atoms with Crippen LogP contribution in [0, 0.1) is 5.92 Å². The van der Waals surface area contributed by atoms with Crippen molar-refractivity contribution in [1.82, 2.24) is 20.1 Å². The summed E-state index contributed by atoms with van der Waals surface area (Å²) in [5.41, 5.74) is 5.07. The first-order valence-corrected chi connectivity index (χ1v) is 6.45. The summed E-state index contributed by atoms with van der Waals surface area (Å²) in [4.78, 5) is 14.8. The average Bonchev–Trinajstić information content (AvgIpc) is 2.69. The SMILES string of the molecule is CC(C)Cn1ncnc1CNCCCCC(N)=O. The second kappa shape index (κ2) is 7.81. The smallest absolute Gasteiger partial charge is 0.217 e. The number of nitrogens with two attached hydrogens (primary N) is 1. The number of nitrogens with zero attached hydrogens (tertiary/aromatic N) is 3. The Kier molecular flexibility index (Phi) is 6.35. The molecular weight excluding hydrogens is 230 g/mol. The molecule has 0 radical (unpaired) electrons. The highest BCUT2D eigenvalue weighted by Crippen LogP contribution is 2.01. The zero-order valence-electron chi connectivity index (χ0n) is 11.2. The average molecular weight is 253 g/mol. The van der Waals surface area contributed by atoms with Crippen molar-refractivity contribution in [3.05, 3.63) is 12.2 Å². The van der Waals surface area contributed by atoms with Gasteiger partial charge in [0.05, 0.1) is 6.54 Å². The van der Waals surface area contributed by atoms with Crippen LogP contribution in [-0.2, 0) is 17.9 Å². The monoisotopic (exact) mass is 253 g/mol. The molecule has 18 heavy (non-hydrogen) atoms. The van der Waals surface area contributed by atoms with Gasteiger partial charge in [0.1, 0.15) is 12.2 Å². The molecule has 0 saturated carbocycles. The van der Waals surface area contributed by atoms with Gasteiger partial charge in [-0.3, -0.25) is 4.79 Å². The van der Waals surface area contributed by atoms with Gasteiger partial charge in [0, 0.05) is 13.0 Å². The predicted octanol–water partition coefficient (Wildman–Crippen LogP) is 0.679. The zero-order chi connectivity index (χ0) is 13.4. The van der Waals surface area contributed by atoms with Gasteiger partial charge in [-0.25, -0.2) is 9.67 Å². The Morgan fingerprint density at radius 3 is 2.94 bits per heavy atom. The lowest BCUT2D eigenvalue weighted by molar-refractivity contribution is -0.118. The molecule has 3 N–H and O–H groups in total. The van der Waals surface area contributed by atoms with Crippen molar-refractivity contribution in [3.63, 3.8) is 0 Å². The number of rotatable bonds is 9. The third-order valence-corrected chi connectivity index (χ3v) is 2.54. The molecule has 0 spiro atoms. The fourth-order valence-electron chi connectivity index (χ4n) is 1.67. The van der Waals surface area contributed by atoms with Gasteiger partial charge in [-0.2, -0.15) is 5.10 Å². The number of aromatic nitrogens is 3. The number of primary amides is 1. The number of carbonyl (C=O) groups is 1. The van der Waals surface area contributed by atoms with Gasteiger partial charge in [-0.1, -0.05) is 13.8 Å². The minimum Gasteiger partial charge on any atom is -0.370 e. The number of hydrogen-bond donors (Lipinski definition) is 2. The first-order valence-electron chi connectivity index (χ1n) is 6.45. The molecule has 1 heterocycles. The first-order chi connectivity index (χ1) is 8.59. The van der Waals surface area contributed by atoms with Crippen LogP contribution in [0.15, 0.2) is 6.33 Å². The van der Waals surface area contributed by atoms with Crippen molar-refractivity contribution in [3.8, 4) is 0 Å². The number of unbranched alkanes of at least 4 members (excludes halogenated alkanes) is 1. The lowest BCUT2D eigenvalue weighted by Crippen LogP contribution is -2.20. The molecule has 6 heteroatoms. The van der Waals surface area contributed by atoms with E-state index in [1.807, 2.05) is 4.68 Å². The maximum Gasteiger partial charge on any atom is 0.217 e. The van der Waals surface area contributed by atoms with Crippen molar-refractivity contribution in [2.45, 2.75) is 46.2 Å². The Hall–Kier alpha value is -1.43. The van der Waals surface area contributed by atoms with Crippen LogP contribution < -0.4 is 11.1 Å². The highest BCUT2D eigenvalue weighted by molar-refractivity contribution is 5.73. The third-order valence-electron chi connectivity index (χ3n) is 2.54. The summed E-state index contributed by atoms with van der Waals surface area (Å²) in [5, 5.41) is 7.50. The minimum absolute atomic E-state index is 0.230. The topological polar surface area (TPSA) is 85.8 Å². The predicted molar refractivity (Wildman–Crippen MR) is 69.6 cm³/mol. The van der Waals surface area contributed by atoms with Gasteiger partial charge < -0.3 is 11.1 Å². The quantitative estimate of drug-likeness (QED) is 0.634. The standard InChI is InChI=1S/C12H23N5O/c1-10(2)8-17-12(15-9-16-17)7-14-6-4-3-5-11(13)18/h9-10,14H,3-8H2,1-2H3,(H2,13,18). The fourth-order valence-corrected chi connectivity index (χ4v) is 1.67. The van der Waals surface area contributed by atoms with Crippen LogP contribution in [-0.4, -0.2) is 27.2 Å². The molecule has 0 aliphatic heterocycles. The molecule has 0 aromatic carbocycles. The molecule has 102 valence electrons. The van der Waals surface area contributed by atoms with Crippen LogP contribution >= 0.6 is 0 Å². The molecule has 1 aromatic heterocycles. The summed E-state index contributed by atoms with van der Waals surface area (Å²) < 4.78 is 1.93. The Bertz CT molecular complexity index is 361. The molecule has 1 aromatic rings. The first kappa shape index (κ1) is 14.6. The van der Waals surface area contributed by atoms with Crippen LogP contribution in [0.1, 0.15) is 38.9 Å². The molecule has 6 nitrogen and oxygen atoms in total. The van der Waals surface area contributed by atoms with Crippen molar-refractivity contribution in [2.75, 3.05) is 6.54 Å². The van der Waals surface area contributed by atoms with Gasteiger partial charge in [-0.15, -0.1) is 0 Å². The molecule has 0 fully saturated rings. The Balaban J connectivity index is 2.19. The van der Waals surface area contributed by atoms with Crippen molar-refractivity contribution >= 4 is 5.91 Å².